The Labute approximate surface area is 104 Å². The van der Waals surface area contributed by atoms with Crippen molar-refractivity contribution in [2.75, 3.05) is 0 Å². The van der Waals surface area contributed by atoms with E-state index in [0.717, 1.165) is 30.4 Å². The van der Waals surface area contributed by atoms with E-state index in [-0.39, 0.29) is 0 Å². The molecule has 1 N–H and O–H groups in total. The zero-order valence-corrected chi connectivity index (χ0v) is 10.7. The fraction of sp³-hybridized carbons (Fsp3) is 0.375. The smallest absolute Gasteiger partial charge is 0.119 e. The fourth-order valence-electron chi connectivity index (χ4n) is 2.11. The number of hydrogen-bond donors (Lipinski definition) is 1. The molecule has 0 aliphatic rings. The van der Waals surface area contributed by atoms with Gasteiger partial charge in [0.25, 0.3) is 0 Å². The van der Waals surface area contributed by atoms with Gasteiger partial charge in [0.05, 0.1) is 0 Å². The average molecular weight is 230 g/mol. The van der Waals surface area contributed by atoms with Crippen LogP contribution in [0, 0.1) is 0 Å². The van der Waals surface area contributed by atoms with Crippen molar-refractivity contribution in [3.63, 3.8) is 0 Å². The molecule has 0 saturated heterocycles. The lowest BCUT2D eigenvalue weighted by molar-refractivity contribution is 0.465. The largest absolute Gasteiger partial charge is 0.508 e. The van der Waals surface area contributed by atoms with E-state index in [1.165, 1.54) is 18.4 Å². The van der Waals surface area contributed by atoms with Crippen LogP contribution >= 0.6 is 0 Å². The number of unbranched alkanes of at least 4 members (excludes halogenated alkanes) is 2. The van der Waals surface area contributed by atoms with Gasteiger partial charge in [-0.1, -0.05) is 44.6 Å². The molecule has 0 aliphatic heterocycles. The normalized spacial score (nSPS) is 10.2. The Kier molecular flexibility index (Phi) is 5.55. The summed E-state index contributed by atoms with van der Waals surface area (Å²) < 4.78 is 0. The number of rotatable bonds is 7. The molecule has 0 aromatic heterocycles. The summed E-state index contributed by atoms with van der Waals surface area (Å²) >= 11 is 0. The van der Waals surface area contributed by atoms with Crippen molar-refractivity contribution in [3.05, 3.63) is 48.1 Å². The quantitative estimate of drug-likeness (QED) is 0.540. The topological polar surface area (TPSA) is 20.2 Å². The predicted molar refractivity (Wildman–Crippen MR) is 75.3 cm³/mol. The second-order valence-electron chi connectivity index (χ2n) is 4.29. The highest BCUT2D eigenvalue weighted by atomic mass is 16.3. The van der Waals surface area contributed by atoms with Gasteiger partial charge in [0.2, 0.25) is 0 Å². The van der Waals surface area contributed by atoms with E-state index in [2.05, 4.69) is 20.1 Å². The average Bonchev–Trinajstić information content (AvgIpc) is 2.33. The van der Waals surface area contributed by atoms with Crippen LogP contribution in [0.1, 0.15) is 42.9 Å². The number of benzene rings is 1. The van der Waals surface area contributed by atoms with E-state index in [0.29, 0.717) is 5.75 Å². The molecule has 1 heteroatoms. The molecule has 0 saturated carbocycles. The second-order valence-corrected chi connectivity index (χ2v) is 4.29. The Hall–Kier alpha value is -1.50. The van der Waals surface area contributed by atoms with E-state index in [1.54, 1.807) is 6.07 Å². The van der Waals surface area contributed by atoms with Crippen molar-refractivity contribution in [1.82, 2.24) is 0 Å². The van der Waals surface area contributed by atoms with Gasteiger partial charge in [-0.3, -0.25) is 0 Å². The Morgan fingerprint density at radius 1 is 1.18 bits per heavy atom. The van der Waals surface area contributed by atoms with E-state index in [4.69, 9.17) is 0 Å². The Balaban J connectivity index is 3.04. The number of phenolic OH excluding ortho intramolecular Hbond substituents is 1. The van der Waals surface area contributed by atoms with Gasteiger partial charge in [-0.25, -0.2) is 0 Å². The van der Waals surface area contributed by atoms with Crippen molar-refractivity contribution < 1.29 is 5.11 Å². The monoisotopic (exact) mass is 230 g/mol. The second kappa shape index (κ2) is 6.95. The maximum atomic E-state index is 9.97. The zero-order chi connectivity index (χ0) is 12.7. The minimum atomic E-state index is 0.406. The van der Waals surface area contributed by atoms with Gasteiger partial charge in [0.1, 0.15) is 5.75 Å². The Bertz CT molecular complexity index is 391. The SMILES string of the molecule is C=CCc1c(C=C)ccc(O)c1CCCCC. The fourth-order valence-corrected chi connectivity index (χ4v) is 2.11. The molecule has 0 spiro atoms. The van der Waals surface area contributed by atoms with Gasteiger partial charge in [-0.15, -0.1) is 6.58 Å². The van der Waals surface area contributed by atoms with Gasteiger partial charge in [-0.05, 0) is 42.0 Å². The molecule has 92 valence electrons. The summed E-state index contributed by atoms with van der Waals surface area (Å²) in [5.74, 6) is 0.406. The van der Waals surface area contributed by atoms with Crippen LogP contribution in [0.4, 0.5) is 0 Å². The molecule has 0 bridgehead atoms. The van der Waals surface area contributed by atoms with Crippen LogP contribution in [0.25, 0.3) is 6.08 Å². The first-order chi connectivity index (χ1) is 8.24. The van der Waals surface area contributed by atoms with Gasteiger partial charge < -0.3 is 5.11 Å². The van der Waals surface area contributed by atoms with Crippen molar-refractivity contribution in [2.24, 2.45) is 0 Å². The van der Waals surface area contributed by atoms with Crippen LogP contribution in [-0.4, -0.2) is 5.11 Å². The predicted octanol–water partition coefficient (Wildman–Crippen LogP) is 4.50. The van der Waals surface area contributed by atoms with Crippen molar-refractivity contribution >= 4 is 6.08 Å². The lowest BCUT2D eigenvalue weighted by Gasteiger charge is -2.13. The van der Waals surface area contributed by atoms with E-state index >= 15 is 0 Å². The van der Waals surface area contributed by atoms with Crippen molar-refractivity contribution in [2.45, 2.75) is 39.0 Å². The maximum Gasteiger partial charge on any atom is 0.119 e. The summed E-state index contributed by atoms with van der Waals surface area (Å²) in [7, 11) is 0. The summed E-state index contributed by atoms with van der Waals surface area (Å²) in [6.07, 6.45) is 8.97. The lowest BCUT2D eigenvalue weighted by Crippen LogP contribution is -1.97. The first kappa shape index (κ1) is 13.6. The molecule has 0 radical (unpaired) electrons. The molecule has 1 rings (SSSR count). The molecule has 1 aromatic rings. The van der Waals surface area contributed by atoms with E-state index < -0.39 is 0 Å². The third-order valence-electron chi connectivity index (χ3n) is 3.04. The first-order valence-corrected chi connectivity index (χ1v) is 6.31. The summed E-state index contributed by atoms with van der Waals surface area (Å²) in [5.41, 5.74) is 3.34. The molecular weight excluding hydrogens is 208 g/mol. The molecular formula is C16H22O. The third-order valence-corrected chi connectivity index (χ3v) is 3.04. The van der Waals surface area contributed by atoms with Crippen LogP contribution in [0.2, 0.25) is 0 Å². The summed E-state index contributed by atoms with van der Waals surface area (Å²) in [5, 5.41) is 9.97. The standard InChI is InChI=1S/C16H22O/c1-4-7-8-10-15-14(9-5-2)13(6-3)11-12-16(15)17/h5-6,11-12,17H,2-4,7-10H2,1H3. The number of aromatic hydroxyl groups is 1. The molecule has 1 nitrogen and oxygen atoms in total. The molecule has 0 fully saturated rings. The Morgan fingerprint density at radius 2 is 1.94 bits per heavy atom. The highest BCUT2D eigenvalue weighted by molar-refractivity contribution is 5.58. The highest BCUT2D eigenvalue weighted by Crippen LogP contribution is 2.28. The summed E-state index contributed by atoms with van der Waals surface area (Å²) in [6, 6.07) is 3.69. The zero-order valence-electron chi connectivity index (χ0n) is 10.7. The maximum absolute atomic E-state index is 9.97. The molecule has 0 amide bonds. The van der Waals surface area contributed by atoms with E-state index in [9.17, 15) is 5.11 Å². The molecule has 0 unspecified atom stereocenters. The van der Waals surface area contributed by atoms with Crippen LogP contribution in [-0.2, 0) is 12.8 Å². The van der Waals surface area contributed by atoms with E-state index in [1.807, 2.05) is 18.2 Å². The van der Waals surface area contributed by atoms with Crippen LogP contribution in [0.3, 0.4) is 0 Å². The van der Waals surface area contributed by atoms with Crippen LogP contribution in [0.15, 0.2) is 31.4 Å². The summed E-state index contributed by atoms with van der Waals surface area (Å²) in [4.78, 5) is 0. The molecule has 17 heavy (non-hydrogen) atoms. The number of hydrogen-bond acceptors (Lipinski definition) is 1. The van der Waals surface area contributed by atoms with Gasteiger partial charge in [0.15, 0.2) is 0 Å². The number of phenols is 1. The highest BCUT2D eigenvalue weighted by Gasteiger charge is 2.10. The third kappa shape index (κ3) is 3.48. The van der Waals surface area contributed by atoms with Crippen molar-refractivity contribution in [3.8, 4) is 5.75 Å². The first-order valence-electron chi connectivity index (χ1n) is 6.31. The van der Waals surface area contributed by atoms with Gasteiger partial charge in [0, 0.05) is 0 Å². The van der Waals surface area contributed by atoms with Crippen LogP contribution in [0.5, 0.6) is 5.75 Å². The van der Waals surface area contributed by atoms with Gasteiger partial charge >= 0.3 is 0 Å². The van der Waals surface area contributed by atoms with Crippen molar-refractivity contribution in [1.29, 1.82) is 0 Å². The minimum Gasteiger partial charge on any atom is -0.508 e. The molecule has 0 aliphatic carbocycles. The minimum absolute atomic E-state index is 0.406. The lowest BCUT2D eigenvalue weighted by atomic mass is 9.93. The number of allylic oxidation sites excluding steroid dienone is 1. The Morgan fingerprint density at radius 3 is 2.53 bits per heavy atom. The molecule has 0 atom stereocenters. The molecule has 0 heterocycles. The molecule has 1 aromatic carbocycles. The summed E-state index contributed by atoms with van der Waals surface area (Å²) in [6.45, 7) is 9.79. The van der Waals surface area contributed by atoms with Crippen LogP contribution < -0.4 is 0 Å². The van der Waals surface area contributed by atoms with Gasteiger partial charge in [-0.2, -0.15) is 0 Å².